The number of benzene rings is 3. The number of ether oxygens (including phenoxy) is 2. The van der Waals surface area contributed by atoms with Crippen LogP contribution in [0.15, 0.2) is 72.8 Å². The van der Waals surface area contributed by atoms with Gasteiger partial charge in [-0.25, -0.2) is 0 Å². The van der Waals surface area contributed by atoms with E-state index < -0.39 is 0 Å². The van der Waals surface area contributed by atoms with Gasteiger partial charge in [0.2, 0.25) is 0 Å². The van der Waals surface area contributed by atoms with E-state index in [0.717, 1.165) is 49.7 Å². The van der Waals surface area contributed by atoms with Crippen LogP contribution in [0.2, 0.25) is 0 Å². The Morgan fingerprint density at radius 2 is 1.69 bits per heavy atom. The highest BCUT2D eigenvalue weighted by molar-refractivity contribution is 5.47. The quantitative estimate of drug-likeness (QED) is 0.522. The van der Waals surface area contributed by atoms with Crippen LogP contribution >= 0.6 is 0 Å². The SMILES string of the molecule is CCOc1cc(C(c2ccccc2C)N2CCCNCC2)ccc1OCc1ccccc1. The van der Waals surface area contributed by atoms with Crippen molar-refractivity contribution in [2.75, 3.05) is 32.8 Å². The van der Waals surface area contributed by atoms with E-state index in [-0.39, 0.29) is 6.04 Å². The lowest BCUT2D eigenvalue weighted by atomic mass is 9.93. The van der Waals surface area contributed by atoms with Gasteiger partial charge in [0.1, 0.15) is 6.61 Å². The first-order valence-corrected chi connectivity index (χ1v) is 11.7. The summed E-state index contributed by atoms with van der Waals surface area (Å²) in [6.45, 7) is 9.54. The molecule has 0 saturated carbocycles. The van der Waals surface area contributed by atoms with Crippen molar-refractivity contribution < 1.29 is 9.47 Å². The normalized spacial score (nSPS) is 15.7. The molecule has 1 unspecified atom stereocenters. The van der Waals surface area contributed by atoms with E-state index in [1.807, 2.05) is 25.1 Å². The summed E-state index contributed by atoms with van der Waals surface area (Å²) in [7, 11) is 0. The van der Waals surface area contributed by atoms with Gasteiger partial charge in [0.05, 0.1) is 12.6 Å². The van der Waals surface area contributed by atoms with Crippen molar-refractivity contribution in [3.8, 4) is 11.5 Å². The minimum Gasteiger partial charge on any atom is -0.490 e. The van der Waals surface area contributed by atoms with E-state index in [9.17, 15) is 0 Å². The van der Waals surface area contributed by atoms with Gasteiger partial charge in [-0.15, -0.1) is 0 Å². The van der Waals surface area contributed by atoms with Gasteiger partial charge in [-0.3, -0.25) is 4.90 Å². The maximum absolute atomic E-state index is 6.16. The second kappa shape index (κ2) is 11.2. The van der Waals surface area contributed by atoms with Crippen molar-refractivity contribution in [2.45, 2.75) is 32.9 Å². The third-order valence-corrected chi connectivity index (χ3v) is 6.04. The molecule has 32 heavy (non-hydrogen) atoms. The summed E-state index contributed by atoms with van der Waals surface area (Å²) in [5.41, 5.74) is 5.07. The first kappa shape index (κ1) is 22.4. The number of hydrogen-bond donors (Lipinski definition) is 1. The molecule has 4 nitrogen and oxygen atoms in total. The smallest absolute Gasteiger partial charge is 0.161 e. The van der Waals surface area contributed by atoms with E-state index in [4.69, 9.17) is 9.47 Å². The van der Waals surface area contributed by atoms with Gasteiger partial charge in [0, 0.05) is 19.6 Å². The Morgan fingerprint density at radius 3 is 2.50 bits per heavy atom. The monoisotopic (exact) mass is 430 g/mol. The lowest BCUT2D eigenvalue weighted by molar-refractivity contribution is 0.238. The lowest BCUT2D eigenvalue weighted by Crippen LogP contribution is -2.33. The fraction of sp³-hybridized carbons (Fsp3) is 0.357. The Hall–Kier alpha value is -2.82. The molecule has 168 valence electrons. The third kappa shape index (κ3) is 5.50. The Labute approximate surface area is 192 Å². The van der Waals surface area contributed by atoms with Crippen LogP contribution in [0.25, 0.3) is 0 Å². The molecule has 0 spiro atoms. The van der Waals surface area contributed by atoms with Crippen LogP contribution in [0.5, 0.6) is 11.5 Å². The van der Waals surface area contributed by atoms with Crippen LogP contribution in [-0.2, 0) is 6.61 Å². The zero-order valence-corrected chi connectivity index (χ0v) is 19.2. The Bertz CT molecular complexity index is 982. The first-order chi connectivity index (χ1) is 15.8. The second-order valence-electron chi connectivity index (χ2n) is 8.31. The summed E-state index contributed by atoms with van der Waals surface area (Å²) in [6.07, 6.45) is 1.15. The van der Waals surface area contributed by atoms with Crippen LogP contribution in [0.1, 0.15) is 41.6 Å². The van der Waals surface area contributed by atoms with Crippen molar-refractivity contribution >= 4 is 0 Å². The number of nitrogens with one attached hydrogen (secondary N) is 1. The zero-order chi connectivity index (χ0) is 22.2. The van der Waals surface area contributed by atoms with Gasteiger partial charge in [0.25, 0.3) is 0 Å². The third-order valence-electron chi connectivity index (χ3n) is 6.04. The van der Waals surface area contributed by atoms with E-state index in [0.29, 0.717) is 13.2 Å². The van der Waals surface area contributed by atoms with Crippen molar-refractivity contribution in [3.05, 3.63) is 95.1 Å². The van der Waals surface area contributed by atoms with E-state index >= 15 is 0 Å². The van der Waals surface area contributed by atoms with Gasteiger partial charge in [0.15, 0.2) is 11.5 Å². The minimum atomic E-state index is 0.193. The number of rotatable bonds is 8. The standard InChI is InChI=1S/C28H34N2O2/c1-3-31-27-20-24(14-15-26(27)32-21-23-11-5-4-6-12-23)28(25-13-8-7-10-22(25)2)30-18-9-16-29-17-19-30/h4-8,10-15,20,28-29H,3,9,16-19,21H2,1-2H3. The van der Waals surface area contributed by atoms with Gasteiger partial charge < -0.3 is 14.8 Å². The molecule has 1 aliphatic rings. The van der Waals surface area contributed by atoms with Crippen molar-refractivity contribution in [1.29, 1.82) is 0 Å². The fourth-order valence-electron chi connectivity index (χ4n) is 4.42. The molecule has 3 aromatic rings. The molecule has 1 N–H and O–H groups in total. The van der Waals surface area contributed by atoms with Crippen molar-refractivity contribution in [1.82, 2.24) is 10.2 Å². The lowest BCUT2D eigenvalue weighted by Gasteiger charge is -2.32. The fourth-order valence-corrected chi connectivity index (χ4v) is 4.42. The van der Waals surface area contributed by atoms with E-state index in [1.165, 1.54) is 16.7 Å². The van der Waals surface area contributed by atoms with Crippen LogP contribution in [0.3, 0.4) is 0 Å². The molecule has 4 heteroatoms. The zero-order valence-electron chi connectivity index (χ0n) is 19.2. The molecule has 0 bridgehead atoms. The van der Waals surface area contributed by atoms with Crippen molar-refractivity contribution in [3.63, 3.8) is 0 Å². The number of nitrogens with zero attached hydrogens (tertiary/aromatic N) is 1. The molecule has 0 aliphatic carbocycles. The van der Waals surface area contributed by atoms with Crippen molar-refractivity contribution in [2.24, 2.45) is 0 Å². The second-order valence-corrected chi connectivity index (χ2v) is 8.31. The first-order valence-electron chi connectivity index (χ1n) is 11.7. The van der Waals surface area contributed by atoms with Gasteiger partial charge in [-0.05, 0) is 61.2 Å². The number of hydrogen-bond acceptors (Lipinski definition) is 4. The predicted molar refractivity (Wildman–Crippen MR) is 130 cm³/mol. The van der Waals surface area contributed by atoms with Gasteiger partial charge in [-0.1, -0.05) is 60.7 Å². The molecule has 1 saturated heterocycles. The predicted octanol–water partition coefficient (Wildman–Crippen LogP) is 5.36. The maximum atomic E-state index is 6.16. The summed E-state index contributed by atoms with van der Waals surface area (Å²) < 4.78 is 12.2. The Morgan fingerprint density at radius 1 is 0.875 bits per heavy atom. The Kier molecular flexibility index (Phi) is 7.81. The van der Waals surface area contributed by atoms with E-state index in [2.05, 4.69) is 71.7 Å². The van der Waals surface area contributed by atoms with Crippen LogP contribution in [0.4, 0.5) is 0 Å². The molecule has 0 amide bonds. The summed E-state index contributed by atoms with van der Waals surface area (Å²) in [4.78, 5) is 2.60. The molecule has 1 aliphatic heterocycles. The van der Waals surface area contributed by atoms with E-state index in [1.54, 1.807) is 0 Å². The maximum Gasteiger partial charge on any atom is 0.161 e. The molecule has 0 aromatic heterocycles. The highest BCUT2D eigenvalue weighted by atomic mass is 16.5. The average molecular weight is 431 g/mol. The molecule has 4 rings (SSSR count). The summed E-state index contributed by atoms with van der Waals surface area (Å²) in [5, 5.41) is 3.54. The highest BCUT2D eigenvalue weighted by Gasteiger charge is 2.25. The molecular formula is C28H34N2O2. The summed E-state index contributed by atoms with van der Waals surface area (Å²) >= 11 is 0. The van der Waals surface area contributed by atoms with Gasteiger partial charge in [-0.2, -0.15) is 0 Å². The number of aryl methyl sites for hydroxylation is 1. The summed E-state index contributed by atoms with van der Waals surface area (Å²) in [5.74, 6) is 1.60. The average Bonchev–Trinajstić information content (AvgIpc) is 3.10. The Balaban J connectivity index is 1.67. The molecule has 1 fully saturated rings. The molecule has 3 aromatic carbocycles. The largest absolute Gasteiger partial charge is 0.490 e. The molecule has 1 heterocycles. The topological polar surface area (TPSA) is 33.7 Å². The van der Waals surface area contributed by atoms with Crippen LogP contribution in [0, 0.1) is 6.92 Å². The minimum absolute atomic E-state index is 0.193. The highest BCUT2D eigenvalue weighted by Crippen LogP contribution is 2.37. The molecular weight excluding hydrogens is 396 g/mol. The van der Waals surface area contributed by atoms with Crippen LogP contribution < -0.4 is 14.8 Å². The molecule has 0 radical (unpaired) electrons. The van der Waals surface area contributed by atoms with Gasteiger partial charge >= 0.3 is 0 Å². The summed E-state index contributed by atoms with van der Waals surface area (Å²) in [6, 6.07) is 25.6. The van der Waals surface area contributed by atoms with Crippen LogP contribution in [-0.4, -0.2) is 37.7 Å². The molecule has 1 atom stereocenters.